The number of nitrogens with one attached hydrogen (secondary N) is 1. The van der Waals surface area contributed by atoms with Crippen LogP contribution in [0.3, 0.4) is 0 Å². The summed E-state index contributed by atoms with van der Waals surface area (Å²) in [5.74, 6) is 1.12. The van der Waals surface area contributed by atoms with E-state index in [0.717, 1.165) is 11.4 Å². The predicted octanol–water partition coefficient (Wildman–Crippen LogP) is 3.45. The number of anilines is 1. The second-order valence-corrected chi connectivity index (χ2v) is 5.70. The van der Waals surface area contributed by atoms with Crippen LogP contribution in [0.5, 0.6) is 5.75 Å². The fraction of sp³-hybridized carbons (Fsp3) is 0.533. The van der Waals surface area contributed by atoms with E-state index < -0.39 is 0 Å². The zero-order valence-electron chi connectivity index (χ0n) is 12.2. The van der Waals surface area contributed by atoms with Crippen LogP contribution in [-0.2, 0) is 9.53 Å². The highest BCUT2D eigenvalue weighted by molar-refractivity contribution is 6.18. The maximum absolute atomic E-state index is 11.7. The van der Waals surface area contributed by atoms with Gasteiger partial charge in [0.2, 0.25) is 5.91 Å². The molecule has 112 valence electrons. The third-order valence-electron chi connectivity index (χ3n) is 2.35. The number of amides is 1. The van der Waals surface area contributed by atoms with E-state index >= 15 is 0 Å². The van der Waals surface area contributed by atoms with Crippen LogP contribution in [0.4, 0.5) is 5.69 Å². The van der Waals surface area contributed by atoms with Gasteiger partial charge in [-0.05, 0) is 45.0 Å². The molecule has 20 heavy (non-hydrogen) atoms. The van der Waals surface area contributed by atoms with Crippen molar-refractivity contribution in [1.82, 2.24) is 0 Å². The van der Waals surface area contributed by atoms with E-state index in [1.807, 2.05) is 20.8 Å². The third kappa shape index (κ3) is 7.36. The second-order valence-electron chi connectivity index (χ2n) is 5.32. The molecule has 0 fully saturated rings. The summed E-state index contributed by atoms with van der Waals surface area (Å²) in [7, 11) is 0. The minimum atomic E-state index is -0.221. The molecule has 1 N–H and O–H groups in total. The second kappa shape index (κ2) is 8.12. The van der Waals surface area contributed by atoms with Gasteiger partial charge in [-0.1, -0.05) is 0 Å². The van der Waals surface area contributed by atoms with Gasteiger partial charge in [-0.25, -0.2) is 0 Å². The Labute approximate surface area is 125 Å². The molecule has 4 nitrogen and oxygen atoms in total. The van der Waals surface area contributed by atoms with Crippen LogP contribution in [-0.4, -0.2) is 30.6 Å². The summed E-state index contributed by atoms with van der Waals surface area (Å²) in [5.41, 5.74) is 0.519. The number of rotatable bonds is 7. The van der Waals surface area contributed by atoms with Gasteiger partial charge in [-0.15, -0.1) is 11.6 Å². The summed E-state index contributed by atoms with van der Waals surface area (Å²) in [4.78, 5) is 11.7. The van der Waals surface area contributed by atoms with Crippen molar-refractivity contribution in [1.29, 1.82) is 0 Å². The SMILES string of the molecule is CC(C)(C)OCCC(=O)Nc1ccc(OCCCl)cc1. The van der Waals surface area contributed by atoms with Crippen molar-refractivity contribution in [2.24, 2.45) is 0 Å². The van der Waals surface area contributed by atoms with Crippen molar-refractivity contribution in [3.8, 4) is 5.75 Å². The van der Waals surface area contributed by atoms with E-state index in [0.29, 0.717) is 25.5 Å². The third-order valence-corrected chi connectivity index (χ3v) is 2.50. The van der Waals surface area contributed by atoms with E-state index in [4.69, 9.17) is 21.1 Å². The van der Waals surface area contributed by atoms with Crippen molar-refractivity contribution in [2.45, 2.75) is 32.8 Å². The van der Waals surface area contributed by atoms with Gasteiger partial charge in [-0.3, -0.25) is 4.79 Å². The van der Waals surface area contributed by atoms with Crippen molar-refractivity contribution < 1.29 is 14.3 Å². The first kappa shape index (κ1) is 16.8. The normalized spacial score (nSPS) is 11.2. The van der Waals surface area contributed by atoms with Gasteiger partial charge in [0.1, 0.15) is 12.4 Å². The van der Waals surface area contributed by atoms with Gasteiger partial charge >= 0.3 is 0 Å². The van der Waals surface area contributed by atoms with Gasteiger partial charge in [0.25, 0.3) is 0 Å². The number of alkyl halides is 1. The van der Waals surface area contributed by atoms with Gasteiger partial charge in [0, 0.05) is 5.69 Å². The zero-order chi connectivity index (χ0) is 15.0. The molecule has 0 aliphatic carbocycles. The molecule has 0 bridgehead atoms. The molecule has 0 aliphatic rings. The lowest BCUT2D eigenvalue weighted by Gasteiger charge is -2.19. The summed E-state index contributed by atoms with van der Waals surface area (Å²) in [6.45, 7) is 6.77. The van der Waals surface area contributed by atoms with Gasteiger partial charge in [0.05, 0.1) is 24.5 Å². The average Bonchev–Trinajstić information content (AvgIpc) is 2.36. The summed E-state index contributed by atoms with van der Waals surface area (Å²) in [5, 5.41) is 2.81. The van der Waals surface area contributed by atoms with Crippen LogP contribution in [0.25, 0.3) is 0 Å². The highest BCUT2D eigenvalue weighted by atomic mass is 35.5. The van der Waals surface area contributed by atoms with E-state index in [9.17, 15) is 4.79 Å². The predicted molar refractivity (Wildman–Crippen MR) is 81.6 cm³/mol. The maximum atomic E-state index is 11.7. The van der Waals surface area contributed by atoms with Crippen molar-refractivity contribution in [2.75, 3.05) is 24.4 Å². The Hall–Kier alpha value is -1.26. The van der Waals surface area contributed by atoms with Crippen molar-refractivity contribution in [3.63, 3.8) is 0 Å². The highest BCUT2D eigenvalue weighted by Crippen LogP contribution is 2.16. The Morgan fingerprint density at radius 1 is 1.20 bits per heavy atom. The average molecular weight is 300 g/mol. The van der Waals surface area contributed by atoms with Crippen LogP contribution in [0.2, 0.25) is 0 Å². The summed E-state index contributed by atoms with van der Waals surface area (Å²) in [6, 6.07) is 7.19. The number of halogens is 1. The molecule has 0 saturated heterocycles. The van der Waals surface area contributed by atoms with Gasteiger partial charge in [-0.2, -0.15) is 0 Å². The largest absolute Gasteiger partial charge is 0.492 e. The maximum Gasteiger partial charge on any atom is 0.226 e. The van der Waals surface area contributed by atoms with Gasteiger partial charge in [0.15, 0.2) is 0 Å². The number of carbonyl (C=O) groups excluding carboxylic acids is 1. The van der Waals surface area contributed by atoms with E-state index in [2.05, 4.69) is 5.32 Å². The number of hydrogen-bond acceptors (Lipinski definition) is 3. The van der Waals surface area contributed by atoms with Crippen LogP contribution in [0, 0.1) is 0 Å². The molecule has 0 aromatic heterocycles. The van der Waals surface area contributed by atoms with E-state index in [1.54, 1.807) is 24.3 Å². The first-order chi connectivity index (χ1) is 9.40. The lowest BCUT2D eigenvalue weighted by molar-refractivity contribution is -0.118. The standard InChI is InChI=1S/C15H22ClNO3/c1-15(2,3)20-10-8-14(18)17-12-4-6-13(7-5-12)19-11-9-16/h4-7H,8-11H2,1-3H3,(H,17,18). The van der Waals surface area contributed by atoms with Gasteiger partial charge < -0.3 is 14.8 Å². The Morgan fingerprint density at radius 2 is 1.85 bits per heavy atom. The molecule has 1 rings (SSSR count). The molecule has 0 spiro atoms. The lowest BCUT2D eigenvalue weighted by Crippen LogP contribution is -2.22. The minimum Gasteiger partial charge on any atom is -0.492 e. The molecule has 0 unspecified atom stereocenters. The zero-order valence-corrected chi connectivity index (χ0v) is 13.0. The van der Waals surface area contributed by atoms with Crippen molar-refractivity contribution >= 4 is 23.2 Å². The van der Waals surface area contributed by atoms with E-state index in [1.165, 1.54) is 0 Å². The Morgan fingerprint density at radius 3 is 2.40 bits per heavy atom. The molecule has 5 heteroatoms. The fourth-order valence-corrected chi connectivity index (χ4v) is 1.54. The van der Waals surface area contributed by atoms with E-state index in [-0.39, 0.29) is 11.5 Å². The molecule has 0 heterocycles. The molecule has 1 aromatic rings. The lowest BCUT2D eigenvalue weighted by atomic mass is 10.2. The molecular weight excluding hydrogens is 278 g/mol. The Bertz CT molecular complexity index is 412. The molecule has 1 aromatic carbocycles. The molecular formula is C15H22ClNO3. The number of benzene rings is 1. The van der Waals surface area contributed by atoms with Crippen LogP contribution < -0.4 is 10.1 Å². The summed E-state index contributed by atoms with van der Waals surface area (Å²) in [6.07, 6.45) is 0.335. The number of ether oxygens (including phenoxy) is 2. The first-order valence-electron chi connectivity index (χ1n) is 6.63. The summed E-state index contributed by atoms with van der Waals surface area (Å²) < 4.78 is 10.9. The molecule has 0 aliphatic heterocycles. The smallest absolute Gasteiger partial charge is 0.226 e. The molecule has 0 radical (unpaired) electrons. The minimum absolute atomic E-state index is 0.0660. The van der Waals surface area contributed by atoms with Crippen LogP contribution >= 0.6 is 11.6 Å². The quantitative estimate of drug-likeness (QED) is 0.785. The number of carbonyl (C=O) groups is 1. The molecule has 1 amide bonds. The topological polar surface area (TPSA) is 47.6 Å². The molecule has 0 saturated carbocycles. The Balaban J connectivity index is 2.34. The molecule has 0 atom stereocenters. The fourth-order valence-electron chi connectivity index (χ4n) is 1.46. The van der Waals surface area contributed by atoms with Crippen LogP contribution in [0.15, 0.2) is 24.3 Å². The Kier molecular flexibility index (Phi) is 6.82. The number of hydrogen-bond donors (Lipinski definition) is 1. The van der Waals surface area contributed by atoms with Crippen LogP contribution in [0.1, 0.15) is 27.2 Å². The summed E-state index contributed by atoms with van der Waals surface area (Å²) >= 11 is 5.54. The van der Waals surface area contributed by atoms with Crippen molar-refractivity contribution in [3.05, 3.63) is 24.3 Å². The highest BCUT2D eigenvalue weighted by Gasteiger charge is 2.11. The first-order valence-corrected chi connectivity index (χ1v) is 7.17. The monoisotopic (exact) mass is 299 g/mol.